The van der Waals surface area contributed by atoms with E-state index in [0.29, 0.717) is 33.4 Å². The molecule has 4 saturated heterocycles. The van der Waals surface area contributed by atoms with E-state index in [0.717, 1.165) is 141 Å². The second-order valence-corrected chi connectivity index (χ2v) is 22.6. The molecule has 3 aromatic heterocycles. The first-order valence-corrected chi connectivity index (χ1v) is 26.8. The van der Waals surface area contributed by atoms with Crippen molar-refractivity contribution >= 4 is 91.4 Å². The monoisotopic (exact) mass is 1010 g/mol. The summed E-state index contributed by atoms with van der Waals surface area (Å²) in [4.78, 5) is 71.0. The number of halogens is 1. The van der Waals surface area contributed by atoms with E-state index >= 15 is 0 Å². The predicted octanol–water partition coefficient (Wildman–Crippen LogP) is 7.21. The molecule has 1 atom stereocenters. The molecule has 7 heterocycles. The highest BCUT2D eigenvalue weighted by Gasteiger charge is 2.45. The highest BCUT2D eigenvalue weighted by molar-refractivity contribution is 9.10. The summed E-state index contributed by atoms with van der Waals surface area (Å²) in [7, 11) is -0.684. The molecule has 3 aromatic carbocycles. The number of carbonyl (C=O) groups is 2. The van der Waals surface area contributed by atoms with Crippen LogP contribution in [0.2, 0.25) is 0 Å². The van der Waals surface area contributed by atoms with Crippen molar-refractivity contribution in [3.05, 3.63) is 92.6 Å². The Morgan fingerprint density at radius 2 is 1.72 bits per heavy atom. The first-order valence-electron chi connectivity index (χ1n) is 23.9. The van der Waals surface area contributed by atoms with Gasteiger partial charge in [0.25, 0.3) is 0 Å². The maximum absolute atomic E-state index is 12.8. The normalized spacial score (nSPS) is 19.5. The number of fused-ring (bicyclic) bond motifs is 2. The number of carbonyl (C=O) groups excluding carboxylic acids is 2. The number of piperazine rings is 1. The standard InChI is InChI=1S/C50H58BrN10O6P/c1-4-33-28-39(55-49-52-30-36(51)47(57-49)54-38-11-10-37-35(9-7-31(2)53-37)46(38)68(65)25-5-6-26-68)43(66-3)29-42(33)60-19-16-34(17-20-60)59-23-21-58(22-24-59)18-15-32-8-12-40-44(27-32)67-50(64)61(40)41-13-14-45(62)56-48(41)63/h7-12,27-30,34,41,65H,4-6,13-26H2,1-3H3,(H2-,52,54,55,56,57,62,63)/p+1. The van der Waals surface area contributed by atoms with Crippen LogP contribution in [0.3, 0.4) is 0 Å². The summed E-state index contributed by atoms with van der Waals surface area (Å²) in [5.41, 5.74) is 8.01. The number of pyridine rings is 1. The van der Waals surface area contributed by atoms with Crippen LogP contribution in [0.15, 0.2) is 74.5 Å². The van der Waals surface area contributed by atoms with Gasteiger partial charge in [0.2, 0.25) is 17.8 Å². The summed E-state index contributed by atoms with van der Waals surface area (Å²) < 4.78 is 13.7. The van der Waals surface area contributed by atoms with E-state index in [1.54, 1.807) is 13.3 Å². The van der Waals surface area contributed by atoms with Crippen LogP contribution < -0.4 is 36.6 Å². The van der Waals surface area contributed by atoms with Crippen LogP contribution in [0, 0.1) is 6.92 Å². The Morgan fingerprint density at radius 3 is 2.47 bits per heavy atom. The Morgan fingerprint density at radius 1 is 0.926 bits per heavy atom. The molecule has 68 heavy (non-hydrogen) atoms. The van der Waals surface area contributed by atoms with Crippen LogP contribution >= 0.6 is 23.4 Å². The van der Waals surface area contributed by atoms with Gasteiger partial charge in [0.1, 0.15) is 11.8 Å². The lowest BCUT2D eigenvalue weighted by Gasteiger charge is -2.43. The average Bonchev–Trinajstić information content (AvgIpc) is 3.93. The number of nitrogens with one attached hydrogen (secondary N) is 3. The summed E-state index contributed by atoms with van der Waals surface area (Å²) in [6.45, 7) is 11.1. The molecule has 4 aliphatic rings. The number of nitrogens with zero attached hydrogens (tertiary/aromatic N) is 7. The Hall–Kier alpha value is -5.45. The van der Waals surface area contributed by atoms with E-state index in [-0.39, 0.29) is 18.7 Å². The molecule has 10 rings (SSSR count). The van der Waals surface area contributed by atoms with Crippen LogP contribution in [0.25, 0.3) is 22.0 Å². The minimum absolute atomic E-state index is 0.192. The quantitative estimate of drug-likeness (QED) is 0.0673. The highest BCUT2D eigenvalue weighted by Crippen LogP contribution is 2.61. The number of anilines is 5. The average molecular weight is 1010 g/mol. The van der Waals surface area contributed by atoms with Crippen molar-refractivity contribution in [1.29, 1.82) is 0 Å². The summed E-state index contributed by atoms with van der Waals surface area (Å²) in [5.74, 6) is 0.377. The minimum Gasteiger partial charge on any atom is -0.494 e. The number of rotatable bonds is 13. The lowest BCUT2D eigenvalue weighted by atomic mass is 9.99. The zero-order valence-electron chi connectivity index (χ0n) is 38.9. The van der Waals surface area contributed by atoms with Gasteiger partial charge in [-0.3, -0.25) is 29.4 Å². The first kappa shape index (κ1) is 46.3. The van der Waals surface area contributed by atoms with Crippen molar-refractivity contribution in [1.82, 2.24) is 34.6 Å². The minimum atomic E-state index is -2.38. The van der Waals surface area contributed by atoms with Gasteiger partial charge in [0.05, 0.1) is 46.3 Å². The molecular formula is C50H59BrN10O6P+. The summed E-state index contributed by atoms with van der Waals surface area (Å²) in [6.07, 6.45) is 9.72. The van der Waals surface area contributed by atoms with Gasteiger partial charge in [-0.25, -0.2) is 14.7 Å². The largest absolute Gasteiger partial charge is 0.494 e. The van der Waals surface area contributed by atoms with Gasteiger partial charge in [0, 0.05) is 87.3 Å². The fourth-order valence-corrected chi connectivity index (χ4v) is 14.4. The molecule has 4 N–H and O–H groups in total. The number of hydrogen-bond donors (Lipinski definition) is 4. The molecule has 2 amide bonds. The summed E-state index contributed by atoms with van der Waals surface area (Å²) in [5, 5.41) is 11.3. The number of aryl methyl sites for hydroxylation is 2. The molecule has 0 spiro atoms. The molecular weight excluding hydrogens is 947 g/mol. The van der Waals surface area contributed by atoms with Gasteiger partial charge in [-0.1, -0.05) is 13.0 Å². The van der Waals surface area contributed by atoms with E-state index < -0.39 is 25.2 Å². The Bertz CT molecular complexity index is 2940. The Kier molecular flexibility index (Phi) is 13.3. The van der Waals surface area contributed by atoms with Gasteiger partial charge in [0.15, 0.2) is 24.2 Å². The van der Waals surface area contributed by atoms with Crippen molar-refractivity contribution in [2.75, 3.05) is 80.8 Å². The molecule has 18 heteroatoms. The lowest BCUT2D eigenvalue weighted by molar-refractivity contribution is -0.135. The smallest absolute Gasteiger partial charge is 0.420 e. The van der Waals surface area contributed by atoms with Crippen LogP contribution in [-0.4, -0.2) is 117 Å². The van der Waals surface area contributed by atoms with E-state index in [1.165, 1.54) is 15.8 Å². The van der Waals surface area contributed by atoms with Crippen LogP contribution in [-0.2, 0) is 22.4 Å². The van der Waals surface area contributed by atoms with Gasteiger partial charge >= 0.3 is 5.76 Å². The van der Waals surface area contributed by atoms with E-state index in [4.69, 9.17) is 19.1 Å². The topological polar surface area (TPSA) is 183 Å². The fourth-order valence-electron chi connectivity index (χ4n) is 10.7. The van der Waals surface area contributed by atoms with Crippen molar-refractivity contribution in [3.63, 3.8) is 0 Å². The fraction of sp³-hybridized carbons (Fsp3) is 0.440. The molecule has 356 valence electrons. The lowest BCUT2D eigenvalue weighted by Crippen LogP contribution is -2.53. The first-order chi connectivity index (χ1) is 33.0. The zero-order valence-corrected chi connectivity index (χ0v) is 41.4. The maximum atomic E-state index is 12.8. The van der Waals surface area contributed by atoms with Crippen molar-refractivity contribution in [2.45, 2.75) is 77.3 Å². The second-order valence-electron chi connectivity index (χ2n) is 18.6. The second kappa shape index (κ2) is 19.5. The number of aromatic nitrogens is 4. The van der Waals surface area contributed by atoms with Gasteiger partial charge in [-0.05, 0) is 121 Å². The Balaban J connectivity index is 0.754. The molecule has 16 nitrogen and oxygen atoms in total. The number of methoxy groups -OCH3 is 1. The van der Waals surface area contributed by atoms with E-state index in [9.17, 15) is 19.3 Å². The van der Waals surface area contributed by atoms with Crippen molar-refractivity contribution < 1.29 is 23.6 Å². The van der Waals surface area contributed by atoms with Crippen molar-refractivity contribution in [2.24, 2.45) is 0 Å². The number of benzene rings is 3. The number of imide groups is 1. The summed E-state index contributed by atoms with van der Waals surface area (Å²) >= 11 is 3.68. The molecule has 6 aromatic rings. The molecule has 0 aliphatic carbocycles. The van der Waals surface area contributed by atoms with Crippen molar-refractivity contribution in [3.8, 4) is 5.75 Å². The maximum Gasteiger partial charge on any atom is 0.420 e. The molecule has 0 bridgehead atoms. The molecule has 0 saturated carbocycles. The third-order valence-electron chi connectivity index (χ3n) is 14.4. The SMILES string of the molecule is CCc1cc(Nc2ncc(Br)c(Nc3ccc4nc(C)ccc4c3[P+]3(O)CCCC3)n2)c(OC)cc1N1CCC(N2CCN(CCc3ccc4c(c3)oc(=O)n4C3CCC(=O)NC3=O)CC2)CC1. The van der Waals surface area contributed by atoms with E-state index in [1.807, 2.05) is 43.3 Å². The molecule has 0 radical (unpaired) electrons. The number of piperidine rings is 2. The molecule has 1 unspecified atom stereocenters. The highest BCUT2D eigenvalue weighted by atomic mass is 79.9. The third kappa shape index (κ3) is 9.35. The number of ether oxygens (including phenoxy) is 1. The number of oxazole rings is 1. The zero-order chi connectivity index (χ0) is 47.1. The number of amides is 2. The van der Waals surface area contributed by atoms with Gasteiger partial charge in [-0.15, -0.1) is 0 Å². The van der Waals surface area contributed by atoms with Crippen LogP contribution in [0.4, 0.5) is 28.8 Å². The molecule has 4 aliphatic heterocycles. The molecule has 4 fully saturated rings. The Labute approximate surface area is 404 Å². The van der Waals surface area contributed by atoms with E-state index in [2.05, 4.69) is 76.7 Å². The van der Waals surface area contributed by atoms with Gasteiger partial charge < -0.3 is 29.6 Å². The number of hydrogen-bond acceptors (Lipinski definition) is 14. The van der Waals surface area contributed by atoms with Crippen LogP contribution in [0.1, 0.15) is 68.3 Å². The van der Waals surface area contributed by atoms with Gasteiger partial charge in [-0.2, -0.15) is 4.98 Å². The summed E-state index contributed by atoms with van der Waals surface area (Å²) in [6, 6.07) is 18.0. The van der Waals surface area contributed by atoms with Crippen LogP contribution in [0.5, 0.6) is 5.75 Å². The third-order valence-corrected chi connectivity index (χ3v) is 18.4. The predicted molar refractivity (Wildman–Crippen MR) is 272 cm³/mol.